The van der Waals surface area contributed by atoms with Crippen LogP contribution in [0.4, 0.5) is 4.39 Å². The van der Waals surface area contributed by atoms with Crippen LogP contribution in [0.2, 0.25) is 0 Å². The summed E-state index contributed by atoms with van der Waals surface area (Å²) < 4.78 is 18.8. The molecule has 0 saturated heterocycles. The molecule has 0 radical (unpaired) electrons. The van der Waals surface area contributed by atoms with Gasteiger partial charge in [-0.05, 0) is 49.2 Å². The normalized spacial score (nSPS) is 11.0. The standard InChI is InChI=1S/C21H27FN4O2/c1-3-23-20(27)15-28-19-10-6-8-17(12-19)14-26-21(24-4-2)25-13-16-7-5-9-18(22)11-16/h5-12H,3-4,13-15H2,1-2H3,(H,23,27)(H2,24,25,26). The summed E-state index contributed by atoms with van der Waals surface area (Å²) in [6, 6.07) is 13.9. The van der Waals surface area contributed by atoms with E-state index in [1.165, 1.54) is 12.1 Å². The maximum Gasteiger partial charge on any atom is 0.257 e. The van der Waals surface area contributed by atoms with Gasteiger partial charge in [0.05, 0.1) is 6.54 Å². The van der Waals surface area contributed by atoms with E-state index in [9.17, 15) is 9.18 Å². The maximum absolute atomic E-state index is 13.3. The van der Waals surface area contributed by atoms with E-state index in [1.54, 1.807) is 6.07 Å². The lowest BCUT2D eigenvalue weighted by molar-refractivity contribution is -0.122. The van der Waals surface area contributed by atoms with Gasteiger partial charge in [0.1, 0.15) is 11.6 Å². The molecule has 28 heavy (non-hydrogen) atoms. The van der Waals surface area contributed by atoms with Crippen LogP contribution in [0, 0.1) is 5.82 Å². The fourth-order valence-corrected chi connectivity index (χ4v) is 2.48. The molecule has 0 aliphatic rings. The second-order valence-electron chi connectivity index (χ2n) is 6.07. The van der Waals surface area contributed by atoms with E-state index in [-0.39, 0.29) is 18.3 Å². The van der Waals surface area contributed by atoms with Crippen LogP contribution in [0.3, 0.4) is 0 Å². The Kier molecular flexibility index (Phi) is 8.78. The Labute approximate surface area is 165 Å². The molecule has 2 rings (SSSR count). The van der Waals surface area contributed by atoms with Crippen molar-refractivity contribution in [1.29, 1.82) is 0 Å². The van der Waals surface area contributed by atoms with Crippen LogP contribution in [0.1, 0.15) is 25.0 Å². The lowest BCUT2D eigenvalue weighted by Gasteiger charge is -2.12. The van der Waals surface area contributed by atoms with Gasteiger partial charge in [-0.3, -0.25) is 4.79 Å². The topological polar surface area (TPSA) is 74.8 Å². The van der Waals surface area contributed by atoms with Crippen molar-refractivity contribution >= 4 is 11.9 Å². The molecule has 7 heteroatoms. The Bertz CT molecular complexity index is 795. The molecule has 0 fully saturated rings. The predicted octanol–water partition coefficient (Wildman–Crippen LogP) is 2.60. The third-order valence-electron chi connectivity index (χ3n) is 3.76. The van der Waals surface area contributed by atoms with Crippen LogP contribution < -0.4 is 20.7 Å². The highest BCUT2D eigenvalue weighted by Gasteiger charge is 2.03. The zero-order chi connectivity index (χ0) is 20.2. The van der Waals surface area contributed by atoms with E-state index in [1.807, 2.05) is 44.2 Å². The van der Waals surface area contributed by atoms with E-state index in [4.69, 9.17) is 4.74 Å². The number of carbonyl (C=O) groups excluding carboxylic acids is 1. The van der Waals surface area contributed by atoms with Gasteiger partial charge in [0, 0.05) is 19.6 Å². The van der Waals surface area contributed by atoms with Crippen molar-refractivity contribution in [1.82, 2.24) is 16.0 Å². The zero-order valence-corrected chi connectivity index (χ0v) is 16.3. The average molecular weight is 386 g/mol. The number of nitrogens with zero attached hydrogens (tertiary/aromatic N) is 1. The molecule has 0 spiro atoms. The van der Waals surface area contributed by atoms with Gasteiger partial charge in [0.2, 0.25) is 0 Å². The van der Waals surface area contributed by atoms with Gasteiger partial charge < -0.3 is 20.7 Å². The summed E-state index contributed by atoms with van der Waals surface area (Å²) in [5, 5.41) is 9.10. The number of hydrogen-bond donors (Lipinski definition) is 3. The highest BCUT2D eigenvalue weighted by Crippen LogP contribution is 2.13. The van der Waals surface area contributed by atoms with Crippen molar-refractivity contribution < 1.29 is 13.9 Å². The fourth-order valence-electron chi connectivity index (χ4n) is 2.48. The van der Waals surface area contributed by atoms with Crippen LogP contribution in [-0.4, -0.2) is 31.6 Å². The van der Waals surface area contributed by atoms with Gasteiger partial charge in [-0.1, -0.05) is 24.3 Å². The molecular formula is C21H27FN4O2. The van der Waals surface area contributed by atoms with Crippen LogP contribution in [0.5, 0.6) is 5.75 Å². The SMILES string of the molecule is CCNC(=O)COc1cccc(CNC(=NCc2cccc(F)c2)NCC)c1. The summed E-state index contributed by atoms with van der Waals surface area (Å²) in [6.07, 6.45) is 0. The quantitative estimate of drug-likeness (QED) is 0.457. The number of likely N-dealkylation sites (N-methyl/N-ethyl adjacent to an activating group) is 1. The fraction of sp³-hybridized carbons (Fsp3) is 0.333. The largest absolute Gasteiger partial charge is 0.484 e. The minimum absolute atomic E-state index is 0.0115. The molecule has 0 saturated carbocycles. The Balaban J connectivity index is 1.92. The van der Waals surface area contributed by atoms with Crippen molar-refractivity contribution in [2.24, 2.45) is 4.99 Å². The molecule has 2 aromatic rings. The molecule has 0 unspecified atom stereocenters. The summed E-state index contributed by atoms with van der Waals surface area (Å²) in [4.78, 5) is 16.0. The molecule has 150 valence electrons. The number of hydrogen-bond acceptors (Lipinski definition) is 3. The van der Waals surface area contributed by atoms with Crippen molar-refractivity contribution in [3.05, 3.63) is 65.5 Å². The third kappa shape index (κ3) is 7.65. The number of aliphatic imine (C=N–C) groups is 1. The first kappa shape index (κ1) is 21.2. The van der Waals surface area contributed by atoms with Gasteiger partial charge >= 0.3 is 0 Å². The summed E-state index contributed by atoms with van der Waals surface area (Å²) >= 11 is 0. The lowest BCUT2D eigenvalue weighted by Crippen LogP contribution is -2.36. The first-order valence-corrected chi connectivity index (χ1v) is 9.35. The van der Waals surface area contributed by atoms with Crippen molar-refractivity contribution in [2.45, 2.75) is 26.9 Å². The molecule has 0 aromatic heterocycles. The molecule has 0 aliphatic heterocycles. The second-order valence-corrected chi connectivity index (χ2v) is 6.07. The van der Waals surface area contributed by atoms with Gasteiger partial charge in [0.25, 0.3) is 5.91 Å². The number of benzene rings is 2. The molecular weight excluding hydrogens is 359 g/mol. The molecule has 1 amide bonds. The number of halogens is 1. The lowest BCUT2D eigenvalue weighted by atomic mass is 10.2. The first-order valence-electron chi connectivity index (χ1n) is 9.35. The van der Waals surface area contributed by atoms with Crippen LogP contribution in [0.15, 0.2) is 53.5 Å². The van der Waals surface area contributed by atoms with E-state index in [0.717, 1.165) is 11.1 Å². The summed E-state index contributed by atoms with van der Waals surface area (Å²) in [7, 11) is 0. The Hall–Kier alpha value is -3.09. The van der Waals surface area contributed by atoms with Crippen molar-refractivity contribution in [3.63, 3.8) is 0 Å². The summed E-state index contributed by atoms with van der Waals surface area (Å²) in [5.41, 5.74) is 1.79. The Morgan fingerprint density at radius 3 is 2.50 bits per heavy atom. The molecule has 0 aliphatic carbocycles. The minimum atomic E-state index is -0.268. The molecule has 0 heterocycles. The van der Waals surface area contributed by atoms with E-state index < -0.39 is 0 Å². The number of rotatable bonds is 9. The molecule has 3 N–H and O–H groups in total. The predicted molar refractivity (Wildman–Crippen MR) is 109 cm³/mol. The molecule has 6 nitrogen and oxygen atoms in total. The highest BCUT2D eigenvalue weighted by molar-refractivity contribution is 5.79. The number of amides is 1. The van der Waals surface area contributed by atoms with E-state index in [0.29, 0.717) is 37.9 Å². The van der Waals surface area contributed by atoms with Crippen LogP contribution in [0.25, 0.3) is 0 Å². The van der Waals surface area contributed by atoms with Gasteiger partial charge in [-0.2, -0.15) is 0 Å². The average Bonchev–Trinajstić information content (AvgIpc) is 2.69. The van der Waals surface area contributed by atoms with Crippen LogP contribution in [-0.2, 0) is 17.9 Å². The molecule has 0 bridgehead atoms. The number of guanidine groups is 1. The third-order valence-corrected chi connectivity index (χ3v) is 3.76. The highest BCUT2D eigenvalue weighted by atomic mass is 19.1. The second kappa shape index (κ2) is 11.6. The number of nitrogens with one attached hydrogen (secondary N) is 3. The van der Waals surface area contributed by atoms with Gasteiger partial charge in [-0.15, -0.1) is 0 Å². The summed E-state index contributed by atoms with van der Waals surface area (Å²) in [5.74, 6) is 0.854. The number of carbonyl (C=O) groups is 1. The smallest absolute Gasteiger partial charge is 0.257 e. The van der Waals surface area contributed by atoms with Crippen molar-refractivity contribution in [2.75, 3.05) is 19.7 Å². The van der Waals surface area contributed by atoms with Crippen LogP contribution >= 0.6 is 0 Å². The van der Waals surface area contributed by atoms with E-state index in [2.05, 4.69) is 20.9 Å². The Morgan fingerprint density at radius 2 is 1.75 bits per heavy atom. The Morgan fingerprint density at radius 1 is 1.00 bits per heavy atom. The first-order chi connectivity index (χ1) is 13.6. The summed E-state index contributed by atoms with van der Waals surface area (Å²) in [6.45, 7) is 6.04. The maximum atomic E-state index is 13.3. The monoisotopic (exact) mass is 386 g/mol. The van der Waals surface area contributed by atoms with Crippen molar-refractivity contribution in [3.8, 4) is 5.75 Å². The number of ether oxygens (including phenoxy) is 1. The van der Waals surface area contributed by atoms with E-state index >= 15 is 0 Å². The van der Waals surface area contributed by atoms with Gasteiger partial charge in [-0.25, -0.2) is 9.38 Å². The zero-order valence-electron chi connectivity index (χ0n) is 16.3. The molecule has 0 atom stereocenters. The minimum Gasteiger partial charge on any atom is -0.484 e. The molecule has 2 aromatic carbocycles. The van der Waals surface area contributed by atoms with Gasteiger partial charge in [0.15, 0.2) is 12.6 Å².